The molecule has 1 aliphatic heterocycles. The number of hydrogen-bond acceptors (Lipinski definition) is 3. The highest BCUT2D eigenvalue weighted by atomic mass is 16.3. The molecule has 2 N–H and O–H groups in total. The Bertz CT molecular complexity index is 200. The Balaban J connectivity index is 2.16. The first kappa shape index (κ1) is 11.5. The van der Waals surface area contributed by atoms with Crippen molar-refractivity contribution in [1.29, 1.82) is 0 Å². The molecule has 1 fully saturated rings. The predicted octanol–water partition coefficient (Wildman–Crippen LogP) is -0.176. The molecule has 0 radical (unpaired) electrons. The molecule has 0 aromatic heterocycles. The fourth-order valence-electron chi connectivity index (χ4n) is 1.34. The van der Waals surface area contributed by atoms with Gasteiger partial charge in [-0.1, -0.05) is 13.8 Å². The first-order valence-corrected chi connectivity index (χ1v) is 5.19. The van der Waals surface area contributed by atoms with Crippen LogP contribution in [-0.2, 0) is 4.79 Å². The van der Waals surface area contributed by atoms with E-state index in [9.17, 15) is 4.79 Å². The Kier molecular flexibility index (Phi) is 3.89. The molecule has 1 aliphatic rings. The number of aliphatic hydroxyl groups excluding tert-OH is 1. The number of amides is 1. The number of hydrogen-bond donors (Lipinski definition) is 2. The molecular weight excluding hydrogens is 180 g/mol. The number of carbonyl (C=O) groups excluding carboxylic acids is 1. The van der Waals surface area contributed by atoms with Crippen molar-refractivity contribution >= 4 is 5.91 Å². The summed E-state index contributed by atoms with van der Waals surface area (Å²) in [4.78, 5) is 13.4. The van der Waals surface area contributed by atoms with Gasteiger partial charge in [-0.15, -0.1) is 0 Å². The molecule has 0 bridgehead atoms. The summed E-state index contributed by atoms with van der Waals surface area (Å²) in [5, 5.41) is 12.0. The van der Waals surface area contributed by atoms with Crippen LogP contribution in [0.5, 0.6) is 0 Å². The van der Waals surface area contributed by atoms with Crippen LogP contribution in [0, 0.1) is 5.92 Å². The molecule has 0 spiro atoms. The molecule has 0 aromatic carbocycles. The van der Waals surface area contributed by atoms with Gasteiger partial charge in [0.05, 0.1) is 12.6 Å². The van der Waals surface area contributed by atoms with Crippen molar-refractivity contribution in [2.75, 3.05) is 19.6 Å². The lowest BCUT2D eigenvalue weighted by Gasteiger charge is -2.35. The smallest absolute Gasteiger partial charge is 0.234 e. The molecule has 1 rings (SSSR count). The van der Waals surface area contributed by atoms with Crippen LogP contribution < -0.4 is 5.32 Å². The van der Waals surface area contributed by atoms with E-state index in [1.54, 1.807) is 0 Å². The van der Waals surface area contributed by atoms with E-state index in [2.05, 4.69) is 19.2 Å². The quantitative estimate of drug-likeness (QED) is 0.662. The highest BCUT2D eigenvalue weighted by Crippen LogP contribution is 2.06. The third-order valence-electron chi connectivity index (χ3n) is 2.69. The second-order valence-corrected chi connectivity index (χ2v) is 4.45. The number of carbonyl (C=O) groups is 1. The molecule has 1 amide bonds. The maximum Gasteiger partial charge on any atom is 0.234 e. The van der Waals surface area contributed by atoms with Crippen LogP contribution in [0.2, 0.25) is 0 Å². The normalized spacial score (nSPS) is 20.6. The third-order valence-corrected chi connectivity index (χ3v) is 2.69. The molecule has 1 saturated heterocycles. The minimum absolute atomic E-state index is 0.0538. The van der Waals surface area contributed by atoms with Gasteiger partial charge in [-0.25, -0.2) is 0 Å². The van der Waals surface area contributed by atoms with Crippen molar-refractivity contribution in [2.45, 2.75) is 32.9 Å². The van der Waals surface area contributed by atoms with Gasteiger partial charge in [0.1, 0.15) is 0 Å². The number of likely N-dealkylation sites (tertiary alicyclic amines) is 1. The van der Waals surface area contributed by atoms with Crippen molar-refractivity contribution in [1.82, 2.24) is 10.2 Å². The first-order valence-electron chi connectivity index (χ1n) is 5.19. The van der Waals surface area contributed by atoms with Gasteiger partial charge in [0.2, 0.25) is 5.91 Å². The lowest BCUT2D eigenvalue weighted by Crippen LogP contribution is -2.54. The van der Waals surface area contributed by atoms with E-state index in [4.69, 9.17) is 5.11 Å². The summed E-state index contributed by atoms with van der Waals surface area (Å²) in [6.07, 6.45) is -0.231. The van der Waals surface area contributed by atoms with Crippen LogP contribution >= 0.6 is 0 Å². The van der Waals surface area contributed by atoms with Gasteiger partial charge in [-0.05, 0) is 12.8 Å². The zero-order valence-corrected chi connectivity index (χ0v) is 9.16. The Morgan fingerprint density at radius 3 is 2.50 bits per heavy atom. The van der Waals surface area contributed by atoms with Gasteiger partial charge in [0.15, 0.2) is 0 Å². The second kappa shape index (κ2) is 4.75. The second-order valence-electron chi connectivity index (χ2n) is 4.45. The maximum absolute atomic E-state index is 11.4. The number of nitrogens with one attached hydrogen (secondary N) is 1. The van der Waals surface area contributed by atoms with Gasteiger partial charge in [0.25, 0.3) is 0 Å². The van der Waals surface area contributed by atoms with E-state index >= 15 is 0 Å². The Hall–Kier alpha value is -0.610. The Labute approximate surface area is 85.3 Å². The molecule has 4 nitrogen and oxygen atoms in total. The van der Waals surface area contributed by atoms with Crippen LogP contribution in [0.25, 0.3) is 0 Å². The van der Waals surface area contributed by atoms with E-state index in [1.807, 2.05) is 11.8 Å². The molecular formula is C10H20N2O2. The monoisotopic (exact) mass is 200 g/mol. The van der Waals surface area contributed by atoms with Crippen molar-refractivity contribution in [3.8, 4) is 0 Å². The molecule has 1 unspecified atom stereocenters. The van der Waals surface area contributed by atoms with E-state index in [0.717, 1.165) is 0 Å². The summed E-state index contributed by atoms with van der Waals surface area (Å²) >= 11 is 0. The zero-order valence-electron chi connectivity index (χ0n) is 9.16. The van der Waals surface area contributed by atoms with E-state index in [-0.39, 0.29) is 18.1 Å². The SMILES string of the molecule is CC(C)C(C)NC(=O)CN1CC(O)C1. The van der Waals surface area contributed by atoms with Crippen LogP contribution in [0.3, 0.4) is 0 Å². The summed E-state index contributed by atoms with van der Waals surface area (Å²) < 4.78 is 0. The van der Waals surface area contributed by atoms with Gasteiger partial charge >= 0.3 is 0 Å². The summed E-state index contributed by atoms with van der Waals surface area (Å²) in [6, 6.07) is 0.216. The first-order chi connectivity index (χ1) is 6.49. The van der Waals surface area contributed by atoms with Gasteiger partial charge < -0.3 is 10.4 Å². The highest BCUT2D eigenvalue weighted by molar-refractivity contribution is 5.78. The predicted molar refractivity (Wildman–Crippen MR) is 54.9 cm³/mol. The van der Waals surface area contributed by atoms with E-state index < -0.39 is 0 Å². The molecule has 4 heteroatoms. The summed E-state index contributed by atoms with van der Waals surface area (Å²) in [5.74, 6) is 0.513. The molecule has 14 heavy (non-hydrogen) atoms. The fourth-order valence-corrected chi connectivity index (χ4v) is 1.34. The Morgan fingerprint density at radius 2 is 2.07 bits per heavy atom. The number of rotatable bonds is 4. The van der Waals surface area contributed by atoms with Gasteiger partial charge in [-0.3, -0.25) is 9.69 Å². The average Bonchev–Trinajstić information content (AvgIpc) is 2.01. The highest BCUT2D eigenvalue weighted by Gasteiger charge is 2.26. The molecule has 1 atom stereocenters. The third kappa shape index (κ3) is 3.27. The zero-order chi connectivity index (χ0) is 10.7. The van der Waals surface area contributed by atoms with Crippen molar-refractivity contribution in [3.05, 3.63) is 0 Å². The van der Waals surface area contributed by atoms with Crippen LogP contribution in [0.4, 0.5) is 0 Å². The Morgan fingerprint density at radius 1 is 1.50 bits per heavy atom. The molecule has 0 saturated carbocycles. The topological polar surface area (TPSA) is 52.6 Å². The summed E-state index contributed by atoms with van der Waals surface area (Å²) in [5.41, 5.74) is 0. The minimum Gasteiger partial charge on any atom is -0.390 e. The maximum atomic E-state index is 11.4. The summed E-state index contributed by atoms with van der Waals surface area (Å²) in [6.45, 7) is 7.84. The van der Waals surface area contributed by atoms with Crippen molar-refractivity contribution in [3.63, 3.8) is 0 Å². The van der Waals surface area contributed by atoms with E-state index in [0.29, 0.717) is 25.6 Å². The number of β-amino-alcohol motifs (C(OH)–C–C–N with tert-alkyl or cyclic N) is 1. The van der Waals surface area contributed by atoms with Crippen LogP contribution in [0.1, 0.15) is 20.8 Å². The molecule has 0 aromatic rings. The summed E-state index contributed by atoms with van der Waals surface area (Å²) in [7, 11) is 0. The van der Waals surface area contributed by atoms with Crippen LogP contribution in [0.15, 0.2) is 0 Å². The van der Waals surface area contributed by atoms with Gasteiger partial charge in [-0.2, -0.15) is 0 Å². The molecule has 82 valence electrons. The average molecular weight is 200 g/mol. The lowest BCUT2D eigenvalue weighted by molar-refractivity contribution is -0.125. The van der Waals surface area contributed by atoms with E-state index in [1.165, 1.54) is 0 Å². The molecule has 1 heterocycles. The van der Waals surface area contributed by atoms with Crippen LogP contribution in [-0.4, -0.2) is 47.7 Å². The number of aliphatic hydroxyl groups is 1. The van der Waals surface area contributed by atoms with Crippen molar-refractivity contribution < 1.29 is 9.90 Å². The molecule has 0 aliphatic carbocycles. The minimum atomic E-state index is -0.231. The fraction of sp³-hybridized carbons (Fsp3) is 0.900. The van der Waals surface area contributed by atoms with Gasteiger partial charge in [0, 0.05) is 19.1 Å². The van der Waals surface area contributed by atoms with Crippen molar-refractivity contribution in [2.24, 2.45) is 5.92 Å². The standard InChI is InChI=1S/C10H20N2O2/c1-7(2)8(3)11-10(14)6-12-4-9(13)5-12/h7-9,13H,4-6H2,1-3H3,(H,11,14). The number of nitrogens with zero attached hydrogens (tertiary/aromatic N) is 1. The lowest BCUT2D eigenvalue weighted by atomic mass is 10.1. The largest absolute Gasteiger partial charge is 0.390 e.